The second-order valence-electron chi connectivity index (χ2n) is 6.46. The van der Waals surface area contributed by atoms with Crippen LogP contribution in [0.1, 0.15) is 12.5 Å². The number of carbonyl (C=O) groups is 1. The second-order valence-corrected chi connectivity index (χ2v) is 8.02. The Morgan fingerprint density at radius 3 is 2.65 bits per heavy atom. The number of likely N-dealkylation sites (N-methyl/N-ethyl adjacent to an activating group) is 1. The van der Waals surface area contributed by atoms with E-state index in [1.807, 2.05) is 6.92 Å². The minimum absolute atomic E-state index is 0.00164. The number of anilines is 2. The molecule has 1 atom stereocenters. The van der Waals surface area contributed by atoms with Crippen molar-refractivity contribution >= 4 is 27.3 Å². The largest absolute Gasteiger partial charge is 0.363 e. The monoisotopic (exact) mass is 377 g/mol. The highest BCUT2D eigenvalue weighted by molar-refractivity contribution is 7.89. The molecule has 26 heavy (non-hydrogen) atoms. The van der Waals surface area contributed by atoms with Gasteiger partial charge in [0.2, 0.25) is 15.9 Å². The number of hydrogen-bond donors (Lipinski definition) is 1. The smallest absolute Gasteiger partial charge is 0.246 e. The molecule has 0 saturated heterocycles. The summed E-state index contributed by atoms with van der Waals surface area (Å²) in [5.74, 6) is -0.583. The van der Waals surface area contributed by atoms with Gasteiger partial charge in [0.15, 0.2) is 0 Å². The number of halogens is 1. The van der Waals surface area contributed by atoms with Crippen molar-refractivity contribution in [2.45, 2.75) is 24.3 Å². The van der Waals surface area contributed by atoms with Crippen molar-refractivity contribution in [1.29, 1.82) is 0 Å². The first-order valence-electron chi connectivity index (χ1n) is 8.12. The molecule has 1 amide bonds. The molecule has 0 spiro atoms. The summed E-state index contributed by atoms with van der Waals surface area (Å²) in [5, 5.41) is 5.17. The first-order valence-corrected chi connectivity index (χ1v) is 9.66. The van der Waals surface area contributed by atoms with Crippen LogP contribution in [-0.2, 0) is 21.2 Å². The van der Waals surface area contributed by atoms with Crippen LogP contribution in [0, 0.1) is 5.82 Å². The molecule has 1 aliphatic rings. The van der Waals surface area contributed by atoms with Gasteiger partial charge < -0.3 is 9.80 Å². The van der Waals surface area contributed by atoms with Gasteiger partial charge in [-0.25, -0.2) is 17.9 Å². The van der Waals surface area contributed by atoms with E-state index >= 15 is 0 Å². The lowest BCUT2D eigenvalue weighted by atomic mass is 10.1. The van der Waals surface area contributed by atoms with Crippen molar-refractivity contribution in [3.8, 4) is 0 Å². The van der Waals surface area contributed by atoms with E-state index in [1.54, 1.807) is 41.1 Å². The summed E-state index contributed by atoms with van der Waals surface area (Å²) in [6.45, 7) is 1.89. The summed E-state index contributed by atoms with van der Waals surface area (Å²) in [5.41, 5.74) is 1.76. The highest BCUT2D eigenvalue weighted by Crippen LogP contribution is 2.34. The predicted octanol–water partition coefficient (Wildman–Crippen LogP) is 1.89. The predicted molar refractivity (Wildman–Crippen MR) is 98.1 cm³/mol. The van der Waals surface area contributed by atoms with E-state index in [-0.39, 0.29) is 23.4 Å². The lowest BCUT2D eigenvalue weighted by molar-refractivity contribution is -0.117. The Morgan fingerprint density at radius 1 is 1.31 bits per heavy atom. The van der Waals surface area contributed by atoms with Gasteiger partial charge in [-0.15, -0.1) is 0 Å². The van der Waals surface area contributed by atoms with E-state index in [0.29, 0.717) is 17.8 Å². The van der Waals surface area contributed by atoms with Crippen molar-refractivity contribution in [3.05, 3.63) is 53.8 Å². The van der Waals surface area contributed by atoms with Gasteiger partial charge in [0, 0.05) is 18.8 Å². The van der Waals surface area contributed by atoms with Crippen LogP contribution in [0.2, 0.25) is 0 Å². The Bertz CT molecular complexity index is 962. The number of benzene rings is 2. The molecule has 6 nitrogen and oxygen atoms in total. The fourth-order valence-electron chi connectivity index (χ4n) is 3.29. The van der Waals surface area contributed by atoms with Gasteiger partial charge >= 0.3 is 0 Å². The molecule has 1 heterocycles. The number of para-hydroxylation sites is 1. The number of fused-ring (bicyclic) bond motifs is 1. The van der Waals surface area contributed by atoms with Crippen LogP contribution in [0.3, 0.4) is 0 Å². The summed E-state index contributed by atoms with van der Waals surface area (Å²) in [4.78, 5) is 16.0. The molecule has 1 aliphatic heterocycles. The number of amides is 1. The fraction of sp³-hybridized carbons (Fsp3) is 0.278. The molecule has 138 valence electrons. The maximum Gasteiger partial charge on any atom is 0.246 e. The highest BCUT2D eigenvalue weighted by Gasteiger charge is 2.32. The van der Waals surface area contributed by atoms with Crippen LogP contribution < -0.4 is 14.9 Å². The van der Waals surface area contributed by atoms with Crippen molar-refractivity contribution in [3.63, 3.8) is 0 Å². The first kappa shape index (κ1) is 18.3. The number of carbonyl (C=O) groups excluding carboxylic acids is 1. The number of primary sulfonamides is 1. The average molecular weight is 377 g/mol. The molecule has 2 aromatic rings. The topological polar surface area (TPSA) is 83.7 Å². The Labute approximate surface area is 152 Å². The Hall–Kier alpha value is -2.45. The maximum absolute atomic E-state index is 13.9. The van der Waals surface area contributed by atoms with Crippen LogP contribution >= 0.6 is 0 Å². The standard InChI is InChI=1S/C18H20FN3O3S/c1-12-9-13-10-14(26(20,24)25)7-8-16(13)22(12)18(23)11-21(2)17-6-4-3-5-15(17)19/h3-8,10,12H,9,11H2,1-2H3,(H2,20,24,25). The van der Waals surface area contributed by atoms with Crippen molar-refractivity contribution in [2.75, 3.05) is 23.4 Å². The molecule has 0 bridgehead atoms. The normalized spacial score (nSPS) is 16.5. The molecule has 0 fully saturated rings. The number of nitrogens with two attached hydrogens (primary N) is 1. The zero-order chi connectivity index (χ0) is 19.1. The number of nitrogens with zero attached hydrogens (tertiary/aromatic N) is 2. The molecule has 8 heteroatoms. The second kappa shape index (κ2) is 6.69. The van der Waals surface area contributed by atoms with Gasteiger partial charge in [0.05, 0.1) is 17.1 Å². The van der Waals surface area contributed by atoms with Crippen molar-refractivity contribution < 1.29 is 17.6 Å². The number of rotatable bonds is 4. The van der Waals surface area contributed by atoms with E-state index in [2.05, 4.69) is 0 Å². The van der Waals surface area contributed by atoms with Crippen LogP contribution in [0.4, 0.5) is 15.8 Å². The van der Waals surface area contributed by atoms with Crippen molar-refractivity contribution in [1.82, 2.24) is 0 Å². The third-order valence-corrected chi connectivity index (χ3v) is 5.41. The zero-order valence-corrected chi connectivity index (χ0v) is 15.3. The van der Waals surface area contributed by atoms with Crippen molar-refractivity contribution in [2.24, 2.45) is 5.14 Å². The summed E-state index contributed by atoms with van der Waals surface area (Å²) in [6, 6.07) is 10.6. The summed E-state index contributed by atoms with van der Waals surface area (Å²) in [7, 11) is -2.14. The van der Waals surface area contributed by atoms with Gasteiger partial charge in [-0.1, -0.05) is 12.1 Å². The molecule has 2 N–H and O–H groups in total. The SMILES string of the molecule is CC1Cc2cc(S(N)(=O)=O)ccc2N1C(=O)CN(C)c1ccccc1F. The zero-order valence-electron chi connectivity index (χ0n) is 14.5. The maximum atomic E-state index is 13.9. The van der Waals surface area contributed by atoms with E-state index in [9.17, 15) is 17.6 Å². The van der Waals surface area contributed by atoms with E-state index in [1.165, 1.54) is 18.2 Å². The molecule has 0 aromatic heterocycles. The molecule has 0 aliphatic carbocycles. The van der Waals surface area contributed by atoms with Gasteiger partial charge in [-0.2, -0.15) is 0 Å². The van der Waals surface area contributed by atoms with Gasteiger partial charge in [0.1, 0.15) is 5.82 Å². The summed E-state index contributed by atoms with van der Waals surface area (Å²) < 4.78 is 36.9. The molecule has 2 aromatic carbocycles. The summed E-state index contributed by atoms with van der Waals surface area (Å²) >= 11 is 0. The lowest BCUT2D eigenvalue weighted by Gasteiger charge is -2.27. The Kier molecular flexibility index (Phi) is 4.72. The minimum Gasteiger partial charge on any atom is -0.363 e. The van der Waals surface area contributed by atoms with Crippen LogP contribution in [-0.4, -0.2) is 34.0 Å². The van der Waals surface area contributed by atoms with Gasteiger partial charge in [0.25, 0.3) is 0 Å². The molecule has 1 unspecified atom stereocenters. The van der Waals surface area contributed by atoms with E-state index in [0.717, 1.165) is 5.56 Å². The fourth-order valence-corrected chi connectivity index (χ4v) is 3.85. The van der Waals surface area contributed by atoms with E-state index in [4.69, 9.17) is 5.14 Å². The lowest BCUT2D eigenvalue weighted by Crippen LogP contribution is -2.42. The quantitative estimate of drug-likeness (QED) is 0.882. The highest BCUT2D eigenvalue weighted by atomic mass is 32.2. The molecular weight excluding hydrogens is 357 g/mol. The van der Waals surface area contributed by atoms with Gasteiger partial charge in [-0.3, -0.25) is 4.79 Å². The molecule has 0 radical (unpaired) electrons. The molecular formula is C18H20FN3O3S. The summed E-state index contributed by atoms with van der Waals surface area (Å²) in [6.07, 6.45) is 0.536. The number of sulfonamides is 1. The van der Waals surface area contributed by atoms with Crippen LogP contribution in [0.15, 0.2) is 47.4 Å². The van der Waals surface area contributed by atoms with E-state index < -0.39 is 15.8 Å². The van der Waals surface area contributed by atoms with Crippen LogP contribution in [0.5, 0.6) is 0 Å². The van der Waals surface area contributed by atoms with Crippen LogP contribution in [0.25, 0.3) is 0 Å². The molecule has 0 saturated carbocycles. The molecule has 3 rings (SSSR count). The van der Waals surface area contributed by atoms with Gasteiger partial charge in [-0.05, 0) is 49.2 Å². The average Bonchev–Trinajstić information content (AvgIpc) is 2.89. The third kappa shape index (κ3) is 3.42. The first-order chi connectivity index (χ1) is 12.2. The number of hydrogen-bond acceptors (Lipinski definition) is 4. The Morgan fingerprint density at radius 2 is 2.00 bits per heavy atom. The Balaban J connectivity index is 1.84. The minimum atomic E-state index is -3.79. The third-order valence-electron chi connectivity index (χ3n) is 4.50.